The second-order valence-corrected chi connectivity index (χ2v) is 2.84. The van der Waals surface area contributed by atoms with Gasteiger partial charge in [-0.05, 0) is 25.9 Å². The molecule has 58 valence electrons. The summed E-state index contributed by atoms with van der Waals surface area (Å²) < 4.78 is 0. The van der Waals surface area contributed by atoms with Gasteiger partial charge in [-0.2, -0.15) is 0 Å². The van der Waals surface area contributed by atoms with Gasteiger partial charge in [-0.25, -0.2) is 0 Å². The second-order valence-electron chi connectivity index (χ2n) is 2.84. The van der Waals surface area contributed by atoms with E-state index in [9.17, 15) is 0 Å². The average Bonchev–Trinajstić information content (AvgIpc) is 1.88. The van der Waals surface area contributed by atoms with Gasteiger partial charge in [0.25, 0.3) is 0 Å². The molecule has 1 saturated heterocycles. The van der Waals surface area contributed by atoms with Crippen LogP contribution in [0, 0.1) is 0 Å². The molecule has 0 aromatic heterocycles. The zero-order chi connectivity index (χ0) is 7.40. The van der Waals surface area contributed by atoms with E-state index in [1.165, 1.54) is 19.3 Å². The summed E-state index contributed by atoms with van der Waals surface area (Å²) in [6.45, 7) is 2.05. The van der Waals surface area contributed by atoms with E-state index in [1.807, 2.05) is 0 Å². The molecule has 4 heteroatoms. The quantitative estimate of drug-likeness (QED) is 0.511. The monoisotopic (exact) mass is 143 g/mol. The first-order valence-electron chi connectivity index (χ1n) is 3.87. The van der Waals surface area contributed by atoms with Crippen LogP contribution in [0.25, 0.3) is 0 Å². The van der Waals surface area contributed by atoms with Gasteiger partial charge in [-0.15, -0.1) is 0 Å². The molecule has 0 aromatic carbocycles. The Morgan fingerprint density at radius 3 is 2.20 bits per heavy atom. The van der Waals surface area contributed by atoms with Crippen LogP contribution in [-0.4, -0.2) is 41.6 Å². The number of rotatable bonds is 2. The highest BCUT2D eigenvalue weighted by Gasteiger charge is 2.15. The molecule has 0 bridgehead atoms. The Bertz CT molecular complexity index is 93.7. The normalized spacial score (nSPS) is 21.0. The minimum Gasteiger partial charge on any atom is -0.426 e. The zero-order valence-corrected chi connectivity index (χ0v) is 6.16. The third-order valence-electron chi connectivity index (χ3n) is 1.87. The molecule has 0 atom stereocenters. The van der Waals surface area contributed by atoms with Crippen molar-refractivity contribution in [1.82, 2.24) is 4.90 Å². The second kappa shape index (κ2) is 3.96. The van der Waals surface area contributed by atoms with Crippen molar-refractivity contribution < 1.29 is 10.0 Å². The zero-order valence-electron chi connectivity index (χ0n) is 6.16. The Kier molecular flexibility index (Phi) is 3.18. The maximum Gasteiger partial charge on any atom is 0.466 e. The molecule has 1 rings (SSSR count). The Morgan fingerprint density at radius 1 is 1.10 bits per heavy atom. The molecular weight excluding hydrogens is 129 g/mol. The van der Waals surface area contributed by atoms with Crippen LogP contribution in [0.4, 0.5) is 0 Å². The van der Waals surface area contributed by atoms with E-state index in [1.54, 1.807) is 0 Å². The van der Waals surface area contributed by atoms with E-state index in [0.29, 0.717) is 6.44 Å². The van der Waals surface area contributed by atoms with Crippen molar-refractivity contribution in [3.63, 3.8) is 0 Å². The first-order chi connectivity index (χ1) is 4.79. The van der Waals surface area contributed by atoms with E-state index in [-0.39, 0.29) is 0 Å². The highest BCUT2D eigenvalue weighted by atomic mass is 16.4. The van der Waals surface area contributed by atoms with Gasteiger partial charge in [0, 0.05) is 6.44 Å². The summed E-state index contributed by atoms with van der Waals surface area (Å²) in [6, 6.07) is 0. The molecule has 10 heavy (non-hydrogen) atoms. The standard InChI is InChI=1S/C6H14BNO2/c9-7(10)6-8-4-2-1-3-5-8/h9-10H,1-6H2. The molecule has 1 heterocycles. The summed E-state index contributed by atoms with van der Waals surface area (Å²) >= 11 is 0. The number of likely N-dealkylation sites (tertiary alicyclic amines) is 1. The van der Waals surface area contributed by atoms with Crippen molar-refractivity contribution in [1.29, 1.82) is 0 Å². The lowest BCUT2D eigenvalue weighted by Crippen LogP contribution is -2.38. The van der Waals surface area contributed by atoms with Gasteiger partial charge in [0.2, 0.25) is 0 Å². The van der Waals surface area contributed by atoms with E-state index < -0.39 is 7.12 Å². The smallest absolute Gasteiger partial charge is 0.426 e. The third kappa shape index (κ3) is 2.69. The van der Waals surface area contributed by atoms with Gasteiger partial charge in [0.05, 0.1) is 0 Å². The number of hydrogen-bond acceptors (Lipinski definition) is 3. The van der Waals surface area contributed by atoms with Crippen molar-refractivity contribution in [3.8, 4) is 0 Å². The van der Waals surface area contributed by atoms with Crippen LogP contribution in [0.2, 0.25) is 0 Å². The Morgan fingerprint density at radius 2 is 1.70 bits per heavy atom. The molecule has 0 aliphatic carbocycles. The summed E-state index contributed by atoms with van der Waals surface area (Å²) in [5.74, 6) is 0. The van der Waals surface area contributed by atoms with Crippen LogP contribution < -0.4 is 0 Å². The van der Waals surface area contributed by atoms with Crippen LogP contribution in [0.3, 0.4) is 0 Å². The average molecular weight is 143 g/mol. The van der Waals surface area contributed by atoms with Crippen LogP contribution in [0.5, 0.6) is 0 Å². The summed E-state index contributed by atoms with van der Waals surface area (Å²) in [5.41, 5.74) is 0. The Hall–Kier alpha value is -0.0551. The fourth-order valence-corrected chi connectivity index (χ4v) is 1.37. The first-order valence-corrected chi connectivity index (χ1v) is 3.87. The summed E-state index contributed by atoms with van der Waals surface area (Å²) in [6.07, 6.45) is 4.11. The molecule has 0 amide bonds. The lowest BCUT2D eigenvalue weighted by Gasteiger charge is -2.25. The summed E-state index contributed by atoms with van der Waals surface area (Å²) in [4.78, 5) is 2.09. The Balaban J connectivity index is 2.13. The third-order valence-corrected chi connectivity index (χ3v) is 1.87. The van der Waals surface area contributed by atoms with Crippen molar-refractivity contribution in [2.75, 3.05) is 19.5 Å². The van der Waals surface area contributed by atoms with Crippen molar-refractivity contribution in [2.45, 2.75) is 19.3 Å². The van der Waals surface area contributed by atoms with E-state index in [4.69, 9.17) is 10.0 Å². The largest absolute Gasteiger partial charge is 0.466 e. The van der Waals surface area contributed by atoms with Crippen LogP contribution >= 0.6 is 0 Å². The number of hydrogen-bond donors (Lipinski definition) is 2. The number of piperidine rings is 1. The molecule has 3 nitrogen and oxygen atoms in total. The molecule has 0 radical (unpaired) electrons. The first kappa shape index (κ1) is 8.05. The molecule has 2 N–H and O–H groups in total. The van der Waals surface area contributed by atoms with E-state index in [2.05, 4.69) is 4.90 Å². The van der Waals surface area contributed by atoms with Gasteiger partial charge < -0.3 is 14.9 Å². The highest BCUT2D eigenvalue weighted by Crippen LogP contribution is 2.07. The lowest BCUT2D eigenvalue weighted by molar-refractivity contribution is 0.237. The predicted octanol–water partition coefficient (Wildman–Crippen LogP) is -0.516. The van der Waals surface area contributed by atoms with Crippen LogP contribution in [0.15, 0.2) is 0 Å². The fraction of sp³-hybridized carbons (Fsp3) is 1.00. The van der Waals surface area contributed by atoms with Gasteiger partial charge in [-0.1, -0.05) is 6.42 Å². The minimum absolute atomic E-state index is 0.417. The van der Waals surface area contributed by atoms with Gasteiger partial charge in [0.1, 0.15) is 0 Å². The molecule has 1 fully saturated rings. The van der Waals surface area contributed by atoms with Crippen molar-refractivity contribution >= 4 is 7.12 Å². The molecule has 0 spiro atoms. The number of nitrogens with zero attached hydrogens (tertiary/aromatic N) is 1. The van der Waals surface area contributed by atoms with Crippen molar-refractivity contribution in [2.24, 2.45) is 0 Å². The topological polar surface area (TPSA) is 43.7 Å². The van der Waals surface area contributed by atoms with E-state index >= 15 is 0 Å². The molecule has 0 aromatic rings. The highest BCUT2D eigenvalue weighted by molar-refractivity contribution is 6.41. The SMILES string of the molecule is OB(O)CN1CCCCC1. The molecule has 0 saturated carbocycles. The molecular formula is C6H14BNO2. The Labute approximate surface area is 61.8 Å². The summed E-state index contributed by atoms with van der Waals surface area (Å²) in [5, 5.41) is 17.2. The van der Waals surface area contributed by atoms with Gasteiger partial charge >= 0.3 is 7.12 Å². The van der Waals surface area contributed by atoms with Crippen molar-refractivity contribution in [3.05, 3.63) is 0 Å². The molecule has 1 aliphatic rings. The molecule has 1 aliphatic heterocycles. The fourth-order valence-electron chi connectivity index (χ4n) is 1.37. The summed E-state index contributed by atoms with van der Waals surface area (Å²) in [7, 11) is -1.15. The minimum atomic E-state index is -1.15. The van der Waals surface area contributed by atoms with Crippen LogP contribution in [0.1, 0.15) is 19.3 Å². The predicted molar refractivity (Wildman–Crippen MR) is 40.5 cm³/mol. The molecule has 0 unspecified atom stereocenters. The lowest BCUT2D eigenvalue weighted by atomic mass is 9.90. The maximum absolute atomic E-state index is 8.62. The maximum atomic E-state index is 8.62. The van der Waals surface area contributed by atoms with Crippen LogP contribution in [-0.2, 0) is 0 Å². The van der Waals surface area contributed by atoms with E-state index in [0.717, 1.165) is 13.1 Å². The van der Waals surface area contributed by atoms with Gasteiger partial charge in [-0.3, -0.25) is 0 Å². The van der Waals surface area contributed by atoms with Gasteiger partial charge in [0.15, 0.2) is 0 Å².